The lowest BCUT2D eigenvalue weighted by Crippen LogP contribution is -2.69. The zero-order valence-electron chi connectivity index (χ0n) is 22.9. The lowest BCUT2D eigenvalue weighted by atomic mass is 9.87. The molecule has 0 spiro atoms. The summed E-state index contributed by atoms with van der Waals surface area (Å²) in [6.45, 7) is 3.67. The highest BCUT2D eigenvalue weighted by atomic mass is 19.4. The van der Waals surface area contributed by atoms with E-state index in [0.717, 1.165) is 41.7 Å². The van der Waals surface area contributed by atoms with E-state index in [1.165, 1.54) is 0 Å². The molecule has 0 aromatic rings. The van der Waals surface area contributed by atoms with E-state index >= 15 is 0 Å². The van der Waals surface area contributed by atoms with Crippen molar-refractivity contribution in [3.8, 4) is 0 Å². The van der Waals surface area contributed by atoms with Crippen LogP contribution in [-0.2, 0) is 66.7 Å². The van der Waals surface area contributed by atoms with Crippen LogP contribution in [0.5, 0.6) is 0 Å². The van der Waals surface area contributed by atoms with Gasteiger partial charge in [-0.05, 0) is 0 Å². The van der Waals surface area contributed by atoms with Gasteiger partial charge in [-0.1, -0.05) is 0 Å². The number of amides is 1. The van der Waals surface area contributed by atoms with E-state index in [1.54, 1.807) is 0 Å². The van der Waals surface area contributed by atoms with Crippen LogP contribution < -0.4 is 5.32 Å². The molecular formula is C23H30F3NO14. The molecule has 1 N–H and O–H groups in total. The van der Waals surface area contributed by atoms with E-state index in [4.69, 9.17) is 28.4 Å². The molecule has 18 heteroatoms. The Kier molecular flexibility index (Phi) is 12.5. The molecule has 0 aliphatic carbocycles. The standard InChI is InChI=1S/C23H30F3NO14/c1-10(28)36-9-16(38-12(3)30)19(39-13(4)31)20-18(27-17(33)8-23(24,25)26)15(37-11(2)29)7-22(41-20,21(34)35-6)40-14(5)32/h15-16,18-20H,7-9H2,1-6H3,(H,27,33)/t15-,16+,18+,19-,20?,22-/m0/s1. The summed E-state index contributed by atoms with van der Waals surface area (Å²) >= 11 is 0. The quantitative estimate of drug-likeness (QED) is 0.245. The first-order valence-electron chi connectivity index (χ1n) is 11.8. The first kappa shape index (κ1) is 35.1. The Balaban J connectivity index is 3.91. The zero-order valence-corrected chi connectivity index (χ0v) is 22.9. The fourth-order valence-corrected chi connectivity index (χ4v) is 3.92. The lowest BCUT2D eigenvalue weighted by Gasteiger charge is -2.48. The predicted molar refractivity (Wildman–Crippen MR) is 122 cm³/mol. The average Bonchev–Trinajstić information content (AvgIpc) is 2.78. The Morgan fingerprint density at radius 3 is 1.93 bits per heavy atom. The van der Waals surface area contributed by atoms with Crippen molar-refractivity contribution in [2.45, 2.75) is 89.9 Å². The smallest absolute Gasteiger partial charge is 0.397 e. The van der Waals surface area contributed by atoms with Crippen LogP contribution in [0.3, 0.4) is 0 Å². The van der Waals surface area contributed by atoms with Crippen LogP contribution in [0.15, 0.2) is 0 Å². The number of rotatable bonds is 11. The molecule has 0 saturated carbocycles. The maximum absolute atomic E-state index is 13.0. The summed E-state index contributed by atoms with van der Waals surface area (Å²) < 4.78 is 74.8. The molecule has 15 nitrogen and oxygen atoms in total. The topological polar surface area (TPSA) is 196 Å². The fraction of sp³-hybridized carbons (Fsp3) is 0.696. The summed E-state index contributed by atoms with van der Waals surface area (Å²) in [5, 5.41) is 1.96. The Hall–Kier alpha value is -3.96. The van der Waals surface area contributed by atoms with Gasteiger partial charge < -0.3 is 38.5 Å². The molecule has 1 aliphatic rings. The van der Waals surface area contributed by atoms with E-state index < -0.39 is 104 Å². The van der Waals surface area contributed by atoms with Crippen molar-refractivity contribution in [2.75, 3.05) is 13.7 Å². The van der Waals surface area contributed by atoms with Crippen LogP contribution in [-0.4, -0.2) is 97.9 Å². The van der Waals surface area contributed by atoms with E-state index in [-0.39, 0.29) is 0 Å². The van der Waals surface area contributed by atoms with Crippen LogP contribution >= 0.6 is 0 Å². The lowest BCUT2D eigenvalue weighted by molar-refractivity contribution is -0.304. The number of alkyl halides is 3. The van der Waals surface area contributed by atoms with Crippen molar-refractivity contribution in [1.82, 2.24) is 5.32 Å². The Labute approximate surface area is 231 Å². The van der Waals surface area contributed by atoms with Gasteiger partial charge in [0.1, 0.15) is 25.2 Å². The molecule has 0 aromatic carbocycles. The SMILES string of the molecule is COC(=O)[C@]1(OC(C)=O)C[C@H](OC(C)=O)[C@@H](NC(=O)CC(F)(F)F)C([C@@H](OC(C)=O)[C@@H](COC(C)=O)OC(C)=O)O1. The molecule has 0 bridgehead atoms. The van der Waals surface area contributed by atoms with Crippen molar-refractivity contribution in [2.24, 2.45) is 0 Å². The van der Waals surface area contributed by atoms with Crippen LogP contribution in [0.25, 0.3) is 0 Å². The molecule has 6 atom stereocenters. The van der Waals surface area contributed by atoms with Crippen LogP contribution in [0, 0.1) is 0 Å². The Morgan fingerprint density at radius 2 is 1.49 bits per heavy atom. The molecular weight excluding hydrogens is 571 g/mol. The Bertz CT molecular complexity index is 1030. The summed E-state index contributed by atoms with van der Waals surface area (Å²) in [5.41, 5.74) is 0. The van der Waals surface area contributed by atoms with Gasteiger partial charge in [0.2, 0.25) is 5.91 Å². The normalized spacial score (nSPS) is 23.6. The third-order valence-electron chi connectivity index (χ3n) is 5.12. The number of halogens is 3. The molecule has 232 valence electrons. The Morgan fingerprint density at radius 1 is 0.902 bits per heavy atom. The number of esters is 6. The van der Waals surface area contributed by atoms with Crippen LogP contribution in [0.4, 0.5) is 13.2 Å². The van der Waals surface area contributed by atoms with Gasteiger partial charge in [0, 0.05) is 34.6 Å². The number of hydrogen-bond donors (Lipinski definition) is 1. The van der Waals surface area contributed by atoms with Gasteiger partial charge in [0.15, 0.2) is 12.2 Å². The summed E-state index contributed by atoms with van der Waals surface area (Å²) in [6.07, 6.45) is -15.6. The zero-order chi connectivity index (χ0) is 31.7. The minimum Gasteiger partial charge on any atom is -0.464 e. The molecule has 1 heterocycles. The second kappa shape index (κ2) is 14.6. The number of ether oxygens (including phenoxy) is 7. The molecule has 0 radical (unpaired) electrons. The molecule has 1 fully saturated rings. The highest BCUT2D eigenvalue weighted by molar-refractivity contribution is 5.82. The van der Waals surface area contributed by atoms with E-state index in [9.17, 15) is 46.7 Å². The molecule has 1 amide bonds. The third-order valence-corrected chi connectivity index (χ3v) is 5.12. The van der Waals surface area contributed by atoms with Gasteiger partial charge in [0.05, 0.1) is 19.6 Å². The van der Waals surface area contributed by atoms with E-state index in [1.807, 2.05) is 5.32 Å². The molecule has 41 heavy (non-hydrogen) atoms. The summed E-state index contributed by atoms with van der Waals surface area (Å²) in [7, 11) is 0.857. The minimum atomic E-state index is -5.00. The monoisotopic (exact) mass is 601 g/mol. The second-order valence-corrected chi connectivity index (χ2v) is 8.68. The number of carbonyl (C=O) groups excluding carboxylic acids is 7. The summed E-state index contributed by atoms with van der Waals surface area (Å²) in [5.74, 6) is -11.1. The highest BCUT2D eigenvalue weighted by Crippen LogP contribution is 2.37. The fourth-order valence-electron chi connectivity index (χ4n) is 3.92. The third kappa shape index (κ3) is 11.2. The number of carbonyl (C=O) groups is 7. The minimum absolute atomic E-state index is 0.826. The average molecular weight is 601 g/mol. The van der Waals surface area contributed by atoms with Crippen LogP contribution in [0.2, 0.25) is 0 Å². The summed E-state index contributed by atoms with van der Waals surface area (Å²) in [6, 6.07) is -1.87. The van der Waals surface area contributed by atoms with E-state index in [2.05, 4.69) is 4.74 Å². The summed E-state index contributed by atoms with van der Waals surface area (Å²) in [4.78, 5) is 84.6. The van der Waals surface area contributed by atoms with Gasteiger partial charge >= 0.3 is 47.8 Å². The van der Waals surface area contributed by atoms with Crippen molar-refractivity contribution in [3.05, 3.63) is 0 Å². The van der Waals surface area contributed by atoms with Crippen molar-refractivity contribution in [3.63, 3.8) is 0 Å². The number of nitrogens with one attached hydrogen (secondary N) is 1. The maximum Gasteiger partial charge on any atom is 0.397 e. The second-order valence-electron chi connectivity index (χ2n) is 8.68. The maximum atomic E-state index is 13.0. The molecule has 1 aliphatic heterocycles. The van der Waals surface area contributed by atoms with Gasteiger partial charge in [-0.3, -0.25) is 28.8 Å². The van der Waals surface area contributed by atoms with Crippen molar-refractivity contribution in [1.29, 1.82) is 0 Å². The molecule has 1 saturated heterocycles. The number of hydrogen-bond acceptors (Lipinski definition) is 14. The van der Waals surface area contributed by atoms with Gasteiger partial charge in [0.25, 0.3) is 0 Å². The van der Waals surface area contributed by atoms with Crippen LogP contribution in [0.1, 0.15) is 47.5 Å². The van der Waals surface area contributed by atoms with Crippen molar-refractivity contribution < 1.29 is 79.9 Å². The molecule has 0 aromatic heterocycles. The van der Waals surface area contributed by atoms with Gasteiger partial charge in [-0.25, -0.2) is 4.79 Å². The van der Waals surface area contributed by atoms with Gasteiger partial charge in [-0.15, -0.1) is 0 Å². The first-order valence-corrected chi connectivity index (χ1v) is 11.8. The first-order chi connectivity index (χ1) is 18.8. The van der Waals surface area contributed by atoms with Crippen molar-refractivity contribution >= 4 is 41.7 Å². The number of methoxy groups -OCH3 is 1. The van der Waals surface area contributed by atoms with Gasteiger partial charge in [-0.2, -0.15) is 13.2 Å². The predicted octanol–water partition coefficient (Wildman–Crippen LogP) is 0.00310. The van der Waals surface area contributed by atoms with E-state index in [0.29, 0.717) is 0 Å². The highest BCUT2D eigenvalue weighted by Gasteiger charge is 2.60. The molecule has 1 unspecified atom stereocenters. The molecule has 1 rings (SSSR count). The largest absolute Gasteiger partial charge is 0.464 e.